The van der Waals surface area contributed by atoms with Crippen molar-refractivity contribution in [1.82, 2.24) is 0 Å². The molecular weight excluding hydrogens is 1280 g/mol. The van der Waals surface area contributed by atoms with Crippen molar-refractivity contribution in [3.63, 3.8) is 0 Å². The summed E-state index contributed by atoms with van der Waals surface area (Å²) in [5.41, 5.74) is 11.5. The van der Waals surface area contributed by atoms with Crippen LogP contribution in [-0.2, 0) is 10.8 Å². The minimum Gasteiger partial charge on any atom is -0.457 e. The molecule has 4 nitrogen and oxygen atoms in total. The monoisotopic (exact) mass is 1340 g/mol. The van der Waals surface area contributed by atoms with Gasteiger partial charge in [0, 0.05) is 45.3 Å². The number of benzene rings is 14. The van der Waals surface area contributed by atoms with Crippen molar-refractivity contribution in [3.8, 4) is 56.4 Å². The number of halogens is 6. The van der Waals surface area contributed by atoms with E-state index in [1.165, 1.54) is 48.5 Å². The molecule has 494 valence electrons. The lowest BCUT2D eigenvalue weighted by atomic mass is 9.67. The van der Waals surface area contributed by atoms with E-state index in [2.05, 4.69) is 13.2 Å². The third-order valence-electron chi connectivity index (χ3n) is 19.9. The molecule has 0 amide bonds. The molecule has 0 N–H and O–H groups in total. The Morgan fingerprint density at radius 3 is 0.931 bits per heavy atom. The molecule has 102 heavy (non-hydrogen) atoms. The third-order valence-corrected chi connectivity index (χ3v) is 19.9. The Bertz CT molecular complexity index is 5210. The fourth-order valence-electron chi connectivity index (χ4n) is 15.1. The summed E-state index contributed by atoms with van der Waals surface area (Å²) in [6.45, 7) is 11.1. The molecule has 14 aromatic carbocycles. The van der Waals surface area contributed by atoms with Crippen molar-refractivity contribution in [2.75, 3.05) is 9.80 Å². The average Bonchev–Trinajstić information content (AvgIpc) is 1.53. The van der Waals surface area contributed by atoms with Gasteiger partial charge in [-0.05, 0) is 248 Å². The average molecular weight is 1340 g/mol. The Kier molecular flexibility index (Phi) is 16.3. The molecule has 0 bridgehead atoms. The number of anilines is 6. The van der Waals surface area contributed by atoms with Crippen molar-refractivity contribution in [1.29, 1.82) is 0 Å². The highest BCUT2D eigenvalue weighted by Crippen LogP contribution is 2.61. The first-order chi connectivity index (χ1) is 49.7. The van der Waals surface area contributed by atoms with Crippen LogP contribution in [0.3, 0.4) is 0 Å². The number of aryl methyl sites for hydroxylation is 2. The molecule has 2 aliphatic rings. The molecule has 2 unspecified atom stereocenters. The molecule has 0 aliphatic heterocycles. The zero-order valence-corrected chi connectivity index (χ0v) is 55.4. The molecule has 10 heteroatoms. The van der Waals surface area contributed by atoms with Gasteiger partial charge in [-0.2, -0.15) is 0 Å². The Morgan fingerprint density at radius 2 is 0.588 bits per heavy atom. The summed E-state index contributed by atoms with van der Waals surface area (Å²) in [7, 11) is 0. The van der Waals surface area contributed by atoms with Gasteiger partial charge in [0.1, 0.15) is 57.9 Å². The Balaban J connectivity index is 0.786. The number of nitrogens with zero attached hydrogens (tertiary/aromatic N) is 2. The molecule has 0 aromatic heterocycles. The Labute approximate surface area is 587 Å². The lowest BCUT2D eigenvalue weighted by Gasteiger charge is -2.35. The van der Waals surface area contributed by atoms with Crippen LogP contribution >= 0.6 is 0 Å². The van der Waals surface area contributed by atoms with Crippen molar-refractivity contribution in [2.45, 2.75) is 24.7 Å². The van der Waals surface area contributed by atoms with Crippen LogP contribution in [0.2, 0.25) is 0 Å². The summed E-state index contributed by atoms with van der Waals surface area (Å²) in [6.07, 6.45) is 3.50. The van der Waals surface area contributed by atoms with Crippen LogP contribution in [0.1, 0.15) is 66.8 Å². The molecule has 0 saturated heterocycles. The number of ether oxygens (including phenoxy) is 2. The van der Waals surface area contributed by atoms with Crippen LogP contribution in [0.4, 0.5) is 60.5 Å². The second-order valence-electron chi connectivity index (χ2n) is 25.7. The Morgan fingerprint density at radius 1 is 0.284 bits per heavy atom. The summed E-state index contributed by atoms with van der Waals surface area (Å²) >= 11 is 0. The maximum absolute atomic E-state index is 17.1. The maximum atomic E-state index is 17.1. The first-order valence-corrected chi connectivity index (χ1v) is 33.5. The van der Waals surface area contributed by atoms with Gasteiger partial charge < -0.3 is 19.3 Å². The standard InChI is InChI=1S/C92H62F6N2O2/c1-5-59-23-43-71(44-24-59)101-73-47-31-63(32-48-73)91(89-83(93)17-11-18-84(89)94)79-15-9-7-13-75(79)77-51-41-67(53-81(77)91)99(69-35-21-57(3)87(97)55-69)65-37-27-61(28-38-65)62-29-39-66(40-30-62)100(70-36-22-58(4)88(98)56-70)68-42-52-78-76-14-8-10-16-80(76)92(82(78)54-68,90-85(95)19-12-20-86(90)96)64-33-49-74(50-34-64)102-72-45-25-60(6-2)26-46-72/h5-56H,1-2H2,3-4H3. The summed E-state index contributed by atoms with van der Waals surface area (Å²) in [5.74, 6) is -1.49. The molecule has 0 spiro atoms. The summed E-state index contributed by atoms with van der Waals surface area (Å²) in [6, 6.07) is 90.5. The largest absolute Gasteiger partial charge is 0.457 e. The minimum atomic E-state index is -1.54. The van der Waals surface area contributed by atoms with Crippen LogP contribution in [0.15, 0.2) is 316 Å². The molecule has 14 aromatic rings. The van der Waals surface area contributed by atoms with E-state index in [9.17, 15) is 0 Å². The molecule has 0 saturated carbocycles. The topological polar surface area (TPSA) is 24.9 Å². The molecule has 0 fully saturated rings. The quantitative estimate of drug-likeness (QED) is 0.0849. The normalized spacial score (nSPS) is 14.6. The van der Waals surface area contributed by atoms with E-state index in [4.69, 9.17) is 9.47 Å². The first-order valence-electron chi connectivity index (χ1n) is 33.5. The van der Waals surface area contributed by atoms with Gasteiger partial charge in [0.15, 0.2) is 0 Å². The SMILES string of the molecule is C=Cc1ccc(Oc2ccc(C3(c4c(F)cccc4F)c4ccccc4-c4ccc(N(c5ccc(-c6ccc(N(c7ccc(C)c(F)c7)c7ccc8c(c7)C(c7ccc(Oc9ccc(C=C)cc9)cc7)(c7c(F)cccc7F)c7ccccc7-8)cc6)cc5)c5ccc(C)c(F)c5)cc43)cc2)cc1. The second kappa shape index (κ2) is 25.9. The smallest absolute Gasteiger partial charge is 0.130 e. The zero-order chi connectivity index (χ0) is 70.0. The highest BCUT2D eigenvalue weighted by atomic mass is 19.2. The predicted octanol–water partition coefficient (Wildman–Crippen LogP) is 25.3. The zero-order valence-electron chi connectivity index (χ0n) is 55.4. The number of rotatable bonds is 17. The molecular formula is C92H62F6N2O2. The lowest BCUT2D eigenvalue weighted by Crippen LogP contribution is -2.31. The third kappa shape index (κ3) is 10.8. The van der Waals surface area contributed by atoms with Crippen molar-refractivity contribution >= 4 is 46.3 Å². The predicted molar refractivity (Wildman–Crippen MR) is 398 cm³/mol. The number of hydrogen-bond acceptors (Lipinski definition) is 4. The summed E-state index contributed by atoms with van der Waals surface area (Å²) in [4.78, 5) is 3.88. The molecule has 0 heterocycles. The molecule has 0 radical (unpaired) electrons. The van der Waals surface area contributed by atoms with Gasteiger partial charge in [0.25, 0.3) is 0 Å². The molecule has 2 aliphatic carbocycles. The number of hydrogen-bond donors (Lipinski definition) is 0. The van der Waals surface area contributed by atoms with Crippen LogP contribution in [0.5, 0.6) is 23.0 Å². The molecule has 16 rings (SSSR count). The van der Waals surface area contributed by atoms with Gasteiger partial charge >= 0.3 is 0 Å². The maximum Gasteiger partial charge on any atom is 0.130 e. The summed E-state index contributed by atoms with van der Waals surface area (Å²) in [5, 5.41) is 0. The lowest BCUT2D eigenvalue weighted by molar-refractivity contribution is 0.481. The van der Waals surface area contributed by atoms with Gasteiger partial charge in [-0.1, -0.05) is 183 Å². The van der Waals surface area contributed by atoms with E-state index < -0.39 is 45.7 Å². The fraction of sp³-hybridized carbons (Fsp3) is 0.0435. The van der Waals surface area contributed by atoms with Crippen LogP contribution in [0, 0.1) is 48.8 Å². The molecule has 2 atom stereocenters. The van der Waals surface area contributed by atoms with Crippen molar-refractivity contribution in [2.24, 2.45) is 0 Å². The van der Waals surface area contributed by atoms with Crippen LogP contribution in [0.25, 0.3) is 45.5 Å². The van der Waals surface area contributed by atoms with Gasteiger partial charge in [-0.3, -0.25) is 0 Å². The summed E-state index contributed by atoms with van der Waals surface area (Å²) < 4.78 is 113. The van der Waals surface area contributed by atoms with E-state index in [-0.39, 0.29) is 11.1 Å². The number of fused-ring (bicyclic) bond motifs is 6. The van der Waals surface area contributed by atoms with Crippen LogP contribution in [-0.4, -0.2) is 0 Å². The van der Waals surface area contributed by atoms with E-state index in [1.54, 1.807) is 62.4 Å². The second-order valence-corrected chi connectivity index (χ2v) is 25.7. The van der Waals surface area contributed by atoms with Gasteiger partial charge in [0.2, 0.25) is 0 Å². The highest BCUT2D eigenvalue weighted by Gasteiger charge is 2.51. The van der Waals surface area contributed by atoms with E-state index >= 15 is 26.3 Å². The van der Waals surface area contributed by atoms with E-state index in [1.807, 2.05) is 228 Å². The first kappa shape index (κ1) is 64.0. The van der Waals surface area contributed by atoms with Crippen molar-refractivity contribution < 1.29 is 35.8 Å². The Hall–Kier alpha value is -12.7. The van der Waals surface area contributed by atoms with Gasteiger partial charge in [0.05, 0.1) is 10.8 Å². The van der Waals surface area contributed by atoms with Gasteiger partial charge in [-0.15, -0.1) is 0 Å². The fourth-order valence-corrected chi connectivity index (χ4v) is 15.1. The van der Waals surface area contributed by atoms with Gasteiger partial charge in [-0.25, -0.2) is 26.3 Å². The van der Waals surface area contributed by atoms with Crippen LogP contribution < -0.4 is 19.3 Å². The van der Waals surface area contributed by atoms with Crippen molar-refractivity contribution in [3.05, 3.63) is 418 Å². The van der Waals surface area contributed by atoms with E-state index in [0.29, 0.717) is 102 Å². The van der Waals surface area contributed by atoms with E-state index in [0.717, 1.165) is 44.5 Å². The minimum absolute atomic E-state index is 0.146. The highest BCUT2D eigenvalue weighted by molar-refractivity contribution is 5.92.